The standard InChI is InChI=1S/C14H30N2/c1-12(2)9-14(4)15-10-13(3)11-16-7-5-6-8-16/h12-15H,5-11H2,1-4H3. The Labute approximate surface area is 102 Å². The molecule has 0 aromatic heterocycles. The topological polar surface area (TPSA) is 15.3 Å². The van der Waals surface area contributed by atoms with Crippen molar-refractivity contribution in [3.63, 3.8) is 0 Å². The van der Waals surface area contributed by atoms with Crippen molar-refractivity contribution in [3.8, 4) is 0 Å². The number of nitrogens with zero attached hydrogens (tertiary/aromatic N) is 1. The van der Waals surface area contributed by atoms with Crippen molar-refractivity contribution >= 4 is 0 Å². The van der Waals surface area contributed by atoms with Crippen molar-refractivity contribution in [1.82, 2.24) is 10.2 Å². The Kier molecular flexibility index (Phi) is 6.37. The Bertz CT molecular complexity index is 174. The summed E-state index contributed by atoms with van der Waals surface area (Å²) in [7, 11) is 0. The van der Waals surface area contributed by atoms with Crippen LogP contribution in [0.5, 0.6) is 0 Å². The summed E-state index contributed by atoms with van der Waals surface area (Å²) in [5.41, 5.74) is 0. The minimum absolute atomic E-state index is 0.668. The molecule has 1 saturated heterocycles. The van der Waals surface area contributed by atoms with Gasteiger partial charge in [0.25, 0.3) is 0 Å². The molecule has 1 aliphatic rings. The molecule has 2 unspecified atom stereocenters. The van der Waals surface area contributed by atoms with Crippen molar-refractivity contribution in [2.45, 2.75) is 53.0 Å². The molecule has 0 radical (unpaired) electrons. The monoisotopic (exact) mass is 226 g/mol. The second-order valence-electron chi connectivity index (χ2n) is 6.05. The molecule has 0 aromatic carbocycles. The molecule has 96 valence electrons. The van der Waals surface area contributed by atoms with Gasteiger partial charge >= 0.3 is 0 Å². The van der Waals surface area contributed by atoms with Crippen LogP contribution < -0.4 is 5.32 Å². The molecule has 2 nitrogen and oxygen atoms in total. The fourth-order valence-electron chi connectivity index (χ4n) is 2.66. The van der Waals surface area contributed by atoms with Gasteiger partial charge in [-0.25, -0.2) is 0 Å². The van der Waals surface area contributed by atoms with Gasteiger partial charge in [-0.05, 0) is 57.7 Å². The zero-order chi connectivity index (χ0) is 12.0. The van der Waals surface area contributed by atoms with Crippen LogP contribution in [0.4, 0.5) is 0 Å². The fraction of sp³-hybridized carbons (Fsp3) is 1.00. The molecule has 0 saturated carbocycles. The van der Waals surface area contributed by atoms with Gasteiger partial charge in [0, 0.05) is 12.6 Å². The minimum Gasteiger partial charge on any atom is -0.314 e. The molecule has 16 heavy (non-hydrogen) atoms. The average Bonchev–Trinajstić information content (AvgIpc) is 2.66. The first-order valence-corrected chi connectivity index (χ1v) is 7.03. The Balaban J connectivity index is 2.06. The molecule has 0 bridgehead atoms. The summed E-state index contributed by atoms with van der Waals surface area (Å²) in [5, 5.41) is 3.66. The maximum Gasteiger partial charge on any atom is 0.00412 e. The van der Waals surface area contributed by atoms with Crippen LogP contribution in [-0.2, 0) is 0 Å². The quantitative estimate of drug-likeness (QED) is 0.718. The summed E-state index contributed by atoms with van der Waals surface area (Å²) in [6.07, 6.45) is 4.10. The van der Waals surface area contributed by atoms with Crippen molar-refractivity contribution in [2.75, 3.05) is 26.2 Å². The number of rotatable bonds is 7. The van der Waals surface area contributed by atoms with E-state index in [1.54, 1.807) is 0 Å². The molecule has 1 N–H and O–H groups in total. The van der Waals surface area contributed by atoms with Crippen LogP contribution in [0, 0.1) is 11.8 Å². The van der Waals surface area contributed by atoms with Gasteiger partial charge in [0.15, 0.2) is 0 Å². The lowest BCUT2D eigenvalue weighted by atomic mass is 10.0. The Hall–Kier alpha value is -0.0800. The van der Waals surface area contributed by atoms with Gasteiger partial charge in [0.05, 0.1) is 0 Å². The third-order valence-corrected chi connectivity index (χ3v) is 3.41. The van der Waals surface area contributed by atoms with Crippen LogP contribution in [0.1, 0.15) is 47.0 Å². The van der Waals surface area contributed by atoms with Gasteiger partial charge in [0.1, 0.15) is 0 Å². The normalized spacial score (nSPS) is 21.6. The van der Waals surface area contributed by atoms with E-state index >= 15 is 0 Å². The van der Waals surface area contributed by atoms with E-state index in [0.29, 0.717) is 6.04 Å². The van der Waals surface area contributed by atoms with E-state index in [1.807, 2.05) is 0 Å². The smallest absolute Gasteiger partial charge is 0.00412 e. The van der Waals surface area contributed by atoms with Crippen LogP contribution in [-0.4, -0.2) is 37.1 Å². The van der Waals surface area contributed by atoms with Crippen LogP contribution >= 0.6 is 0 Å². The van der Waals surface area contributed by atoms with Gasteiger partial charge in [-0.15, -0.1) is 0 Å². The molecule has 2 heteroatoms. The summed E-state index contributed by atoms with van der Waals surface area (Å²) < 4.78 is 0. The molecule has 0 spiro atoms. The summed E-state index contributed by atoms with van der Waals surface area (Å²) in [6.45, 7) is 14.4. The Morgan fingerprint density at radius 1 is 1.06 bits per heavy atom. The minimum atomic E-state index is 0.668. The SMILES string of the molecule is CC(C)CC(C)NCC(C)CN1CCCC1. The highest BCUT2D eigenvalue weighted by Crippen LogP contribution is 2.10. The number of nitrogens with one attached hydrogen (secondary N) is 1. The average molecular weight is 226 g/mol. The first-order valence-electron chi connectivity index (χ1n) is 7.03. The maximum atomic E-state index is 3.66. The molecule has 1 aliphatic heterocycles. The Morgan fingerprint density at radius 3 is 2.25 bits per heavy atom. The van der Waals surface area contributed by atoms with E-state index in [-0.39, 0.29) is 0 Å². The van der Waals surface area contributed by atoms with Gasteiger partial charge in [-0.2, -0.15) is 0 Å². The summed E-state index contributed by atoms with van der Waals surface area (Å²) >= 11 is 0. The molecule has 0 aliphatic carbocycles. The number of hydrogen-bond acceptors (Lipinski definition) is 2. The summed E-state index contributed by atoms with van der Waals surface area (Å²) in [5.74, 6) is 1.59. The third-order valence-electron chi connectivity index (χ3n) is 3.41. The van der Waals surface area contributed by atoms with Crippen molar-refractivity contribution < 1.29 is 0 Å². The van der Waals surface area contributed by atoms with Crippen LogP contribution in [0.25, 0.3) is 0 Å². The lowest BCUT2D eigenvalue weighted by Gasteiger charge is -2.23. The van der Waals surface area contributed by atoms with Gasteiger partial charge in [-0.1, -0.05) is 20.8 Å². The first-order chi connectivity index (χ1) is 7.58. The van der Waals surface area contributed by atoms with Gasteiger partial charge in [0.2, 0.25) is 0 Å². The van der Waals surface area contributed by atoms with E-state index in [2.05, 4.69) is 37.9 Å². The second kappa shape index (κ2) is 7.29. The van der Waals surface area contributed by atoms with Crippen LogP contribution in [0.2, 0.25) is 0 Å². The number of likely N-dealkylation sites (tertiary alicyclic amines) is 1. The highest BCUT2D eigenvalue weighted by molar-refractivity contribution is 4.71. The molecule has 0 amide bonds. The van der Waals surface area contributed by atoms with E-state index in [9.17, 15) is 0 Å². The zero-order valence-electron chi connectivity index (χ0n) is 11.6. The predicted octanol–water partition coefficient (Wildman–Crippen LogP) is 2.74. The molecule has 1 fully saturated rings. The maximum absolute atomic E-state index is 3.66. The largest absolute Gasteiger partial charge is 0.314 e. The molecular formula is C14H30N2. The van der Waals surface area contributed by atoms with E-state index < -0.39 is 0 Å². The van der Waals surface area contributed by atoms with E-state index in [4.69, 9.17) is 0 Å². The zero-order valence-corrected chi connectivity index (χ0v) is 11.6. The fourth-order valence-corrected chi connectivity index (χ4v) is 2.66. The van der Waals surface area contributed by atoms with Gasteiger partial charge in [-0.3, -0.25) is 0 Å². The van der Waals surface area contributed by atoms with Crippen LogP contribution in [0.3, 0.4) is 0 Å². The Morgan fingerprint density at radius 2 is 1.69 bits per heavy atom. The highest BCUT2D eigenvalue weighted by atomic mass is 15.1. The molecular weight excluding hydrogens is 196 g/mol. The van der Waals surface area contributed by atoms with E-state index in [1.165, 1.54) is 45.4 Å². The van der Waals surface area contributed by atoms with E-state index in [0.717, 1.165) is 11.8 Å². The highest BCUT2D eigenvalue weighted by Gasteiger charge is 2.15. The lowest BCUT2D eigenvalue weighted by molar-refractivity contribution is 0.275. The number of hydrogen-bond donors (Lipinski definition) is 1. The first kappa shape index (κ1) is 14.0. The molecule has 0 aromatic rings. The summed E-state index contributed by atoms with van der Waals surface area (Å²) in [6, 6.07) is 0.668. The lowest BCUT2D eigenvalue weighted by Crippen LogP contribution is -2.36. The predicted molar refractivity (Wildman–Crippen MR) is 71.8 cm³/mol. The molecule has 1 rings (SSSR count). The third kappa shape index (κ3) is 5.86. The van der Waals surface area contributed by atoms with Crippen molar-refractivity contribution in [2.24, 2.45) is 11.8 Å². The molecule has 2 atom stereocenters. The molecule has 1 heterocycles. The second-order valence-corrected chi connectivity index (χ2v) is 6.05. The van der Waals surface area contributed by atoms with Crippen molar-refractivity contribution in [1.29, 1.82) is 0 Å². The van der Waals surface area contributed by atoms with Crippen molar-refractivity contribution in [3.05, 3.63) is 0 Å². The van der Waals surface area contributed by atoms with Crippen LogP contribution in [0.15, 0.2) is 0 Å². The van der Waals surface area contributed by atoms with Gasteiger partial charge < -0.3 is 10.2 Å². The summed E-state index contributed by atoms with van der Waals surface area (Å²) in [4.78, 5) is 2.61.